The predicted octanol–water partition coefficient (Wildman–Crippen LogP) is 3.07. The van der Waals surface area contributed by atoms with Crippen molar-refractivity contribution in [3.05, 3.63) is 27.9 Å². The number of aryl methyl sites for hydroxylation is 1. The van der Waals surface area contributed by atoms with Crippen LogP contribution < -0.4 is 0 Å². The molecule has 3 nitrogen and oxygen atoms in total. The minimum absolute atomic E-state index is 0.153. The van der Waals surface area contributed by atoms with Gasteiger partial charge in [0.05, 0.1) is 10.0 Å². The second-order valence-electron chi connectivity index (χ2n) is 3.27. The number of hydrogen-bond acceptors (Lipinski definition) is 2. The highest BCUT2D eigenvalue weighted by atomic mass is 79.9. The fraction of sp³-hybridized carbons (Fsp3) is 0.182. The monoisotopic (exact) mass is 264 g/mol. The number of aromatic amines is 1. The summed E-state index contributed by atoms with van der Waals surface area (Å²) < 4.78 is 0.576. The molecule has 0 saturated heterocycles. The molecular formula is C11H9BrN2O. The highest BCUT2D eigenvalue weighted by Gasteiger charge is 2.14. The van der Waals surface area contributed by atoms with Gasteiger partial charge in [0.2, 0.25) is 0 Å². The van der Waals surface area contributed by atoms with Gasteiger partial charge in [-0.05, 0) is 34.5 Å². The van der Waals surface area contributed by atoms with Crippen molar-refractivity contribution in [3.63, 3.8) is 0 Å². The lowest BCUT2D eigenvalue weighted by Gasteiger charge is -1.98. The van der Waals surface area contributed by atoms with Crippen LogP contribution in [0.5, 0.6) is 5.75 Å². The van der Waals surface area contributed by atoms with Crippen molar-refractivity contribution in [1.82, 2.24) is 4.98 Å². The molecule has 1 aromatic heterocycles. The van der Waals surface area contributed by atoms with E-state index in [1.807, 2.05) is 6.92 Å². The average molecular weight is 265 g/mol. The van der Waals surface area contributed by atoms with Gasteiger partial charge < -0.3 is 10.1 Å². The lowest BCUT2D eigenvalue weighted by Crippen LogP contribution is -1.82. The third kappa shape index (κ3) is 1.40. The van der Waals surface area contributed by atoms with E-state index in [0.29, 0.717) is 10.0 Å². The van der Waals surface area contributed by atoms with Crippen LogP contribution >= 0.6 is 15.9 Å². The fourth-order valence-electron chi connectivity index (χ4n) is 1.68. The van der Waals surface area contributed by atoms with Crippen LogP contribution in [0.3, 0.4) is 0 Å². The van der Waals surface area contributed by atoms with E-state index in [1.54, 1.807) is 12.1 Å². The summed E-state index contributed by atoms with van der Waals surface area (Å²) in [6, 6.07) is 5.54. The molecule has 0 aliphatic rings. The number of H-pyrrole nitrogens is 1. The van der Waals surface area contributed by atoms with Crippen LogP contribution in [0, 0.1) is 11.3 Å². The zero-order valence-electron chi connectivity index (χ0n) is 8.13. The maximum Gasteiger partial charge on any atom is 0.130 e. The maximum absolute atomic E-state index is 9.55. The number of fused-ring (bicyclic) bond motifs is 1. The Morgan fingerprint density at radius 3 is 2.87 bits per heavy atom. The first kappa shape index (κ1) is 10.1. The number of nitrogens with zero attached hydrogens (tertiary/aromatic N) is 1. The van der Waals surface area contributed by atoms with Gasteiger partial charge in [-0.1, -0.05) is 6.92 Å². The molecule has 0 aliphatic carbocycles. The average Bonchev–Trinajstić information content (AvgIpc) is 2.61. The molecule has 2 rings (SSSR count). The smallest absolute Gasteiger partial charge is 0.130 e. The highest BCUT2D eigenvalue weighted by Crippen LogP contribution is 2.35. The van der Waals surface area contributed by atoms with Crippen LogP contribution in [0.25, 0.3) is 10.9 Å². The van der Waals surface area contributed by atoms with Crippen LogP contribution in [0.15, 0.2) is 16.6 Å². The molecule has 0 amide bonds. The van der Waals surface area contributed by atoms with Crippen molar-refractivity contribution >= 4 is 26.8 Å². The highest BCUT2D eigenvalue weighted by molar-refractivity contribution is 9.10. The molecule has 1 aromatic carbocycles. The lowest BCUT2D eigenvalue weighted by atomic mass is 10.1. The van der Waals surface area contributed by atoms with Gasteiger partial charge in [-0.25, -0.2) is 0 Å². The van der Waals surface area contributed by atoms with Gasteiger partial charge in [0.25, 0.3) is 0 Å². The Bertz CT molecular complexity index is 566. The van der Waals surface area contributed by atoms with Crippen molar-refractivity contribution < 1.29 is 5.11 Å². The number of nitriles is 1. The molecule has 2 aromatic rings. The number of hydrogen-bond donors (Lipinski definition) is 2. The van der Waals surface area contributed by atoms with Gasteiger partial charge in [-0.2, -0.15) is 5.26 Å². The number of phenols is 1. The molecule has 0 unspecified atom stereocenters. The maximum atomic E-state index is 9.55. The Morgan fingerprint density at radius 1 is 1.53 bits per heavy atom. The van der Waals surface area contributed by atoms with Crippen LogP contribution in [0.2, 0.25) is 0 Å². The molecule has 0 aliphatic heterocycles. The Balaban J connectivity index is 2.93. The van der Waals surface area contributed by atoms with E-state index in [4.69, 9.17) is 5.26 Å². The van der Waals surface area contributed by atoms with Crippen molar-refractivity contribution in [2.24, 2.45) is 0 Å². The van der Waals surface area contributed by atoms with Crippen LogP contribution in [0.4, 0.5) is 0 Å². The molecule has 0 spiro atoms. The quantitative estimate of drug-likeness (QED) is 0.832. The molecule has 0 fully saturated rings. The van der Waals surface area contributed by atoms with E-state index in [9.17, 15) is 5.11 Å². The summed E-state index contributed by atoms with van der Waals surface area (Å²) in [4.78, 5) is 3.17. The zero-order valence-corrected chi connectivity index (χ0v) is 9.72. The minimum atomic E-state index is 0.153. The number of benzene rings is 1. The van der Waals surface area contributed by atoms with Crippen LogP contribution in [-0.4, -0.2) is 10.1 Å². The normalized spacial score (nSPS) is 10.5. The molecule has 0 radical (unpaired) electrons. The first-order chi connectivity index (χ1) is 7.19. The molecule has 2 N–H and O–H groups in total. The largest absolute Gasteiger partial charge is 0.507 e. The summed E-state index contributed by atoms with van der Waals surface area (Å²) in [5, 5.41) is 19.4. The number of halogens is 1. The molecular weight excluding hydrogens is 256 g/mol. The summed E-state index contributed by atoms with van der Waals surface area (Å²) in [6.45, 7) is 1.99. The summed E-state index contributed by atoms with van der Waals surface area (Å²) in [7, 11) is 0. The number of aromatic nitrogens is 1. The van der Waals surface area contributed by atoms with Gasteiger partial charge in [-0.3, -0.25) is 0 Å². The van der Waals surface area contributed by atoms with Crippen molar-refractivity contribution in [2.45, 2.75) is 13.3 Å². The number of nitrogens with one attached hydrogen (secondary N) is 1. The van der Waals surface area contributed by atoms with E-state index in [1.165, 1.54) is 0 Å². The van der Waals surface area contributed by atoms with Crippen molar-refractivity contribution in [1.29, 1.82) is 5.26 Å². The standard InChI is InChI=1S/C11H9BrN2O/c1-2-7-6(5-13)10-8(14-7)3-4-9(15)11(10)12/h3-4,14-15H,2H2,1H3. The summed E-state index contributed by atoms with van der Waals surface area (Å²) >= 11 is 3.29. The molecule has 0 saturated carbocycles. The fourth-order valence-corrected chi connectivity index (χ4v) is 2.22. The predicted molar refractivity (Wildman–Crippen MR) is 61.8 cm³/mol. The van der Waals surface area contributed by atoms with Crippen molar-refractivity contribution in [3.8, 4) is 11.8 Å². The molecule has 4 heteroatoms. The zero-order chi connectivity index (χ0) is 11.0. The van der Waals surface area contributed by atoms with Crippen LogP contribution in [0.1, 0.15) is 18.2 Å². The second-order valence-corrected chi connectivity index (χ2v) is 4.06. The Morgan fingerprint density at radius 2 is 2.27 bits per heavy atom. The minimum Gasteiger partial charge on any atom is -0.507 e. The molecule has 0 atom stereocenters. The van der Waals surface area contributed by atoms with Crippen molar-refractivity contribution in [2.75, 3.05) is 0 Å². The topological polar surface area (TPSA) is 59.8 Å². The van der Waals surface area contributed by atoms with E-state index in [-0.39, 0.29) is 5.75 Å². The van der Waals surface area contributed by atoms with E-state index in [2.05, 4.69) is 27.0 Å². The molecule has 76 valence electrons. The molecule has 15 heavy (non-hydrogen) atoms. The lowest BCUT2D eigenvalue weighted by molar-refractivity contribution is 0.473. The Labute approximate surface area is 95.5 Å². The number of rotatable bonds is 1. The second kappa shape index (κ2) is 3.59. The van der Waals surface area contributed by atoms with Gasteiger partial charge in [0, 0.05) is 16.6 Å². The van der Waals surface area contributed by atoms with Gasteiger partial charge in [0.1, 0.15) is 11.8 Å². The van der Waals surface area contributed by atoms with E-state index in [0.717, 1.165) is 23.0 Å². The third-order valence-corrected chi connectivity index (χ3v) is 3.23. The summed E-state index contributed by atoms with van der Waals surface area (Å²) in [5.74, 6) is 0.153. The molecule has 1 heterocycles. The van der Waals surface area contributed by atoms with Gasteiger partial charge >= 0.3 is 0 Å². The first-order valence-corrected chi connectivity index (χ1v) is 5.40. The Kier molecular flexibility index (Phi) is 2.41. The summed E-state index contributed by atoms with van der Waals surface area (Å²) in [6.07, 6.45) is 0.769. The molecule has 0 bridgehead atoms. The summed E-state index contributed by atoms with van der Waals surface area (Å²) in [5.41, 5.74) is 2.38. The Hall–Kier alpha value is -1.47. The van der Waals surface area contributed by atoms with Crippen LogP contribution in [-0.2, 0) is 6.42 Å². The number of phenolic OH excluding ortho intramolecular Hbond substituents is 1. The van der Waals surface area contributed by atoms with E-state index >= 15 is 0 Å². The van der Waals surface area contributed by atoms with E-state index < -0.39 is 0 Å². The van der Waals surface area contributed by atoms with Gasteiger partial charge in [-0.15, -0.1) is 0 Å². The SMILES string of the molecule is CCc1[nH]c2ccc(O)c(Br)c2c1C#N. The first-order valence-electron chi connectivity index (χ1n) is 4.61. The van der Waals surface area contributed by atoms with Gasteiger partial charge in [0.15, 0.2) is 0 Å². The third-order valence-electron chi connectivity index (χ3n) is 2.42. The number of aromatic hydroxyl groups is 1.